The minimum atomic E-state index is -3.25. The predicted octanol–water partition coefficient (Wildman–Crippen LogP) is 1.85. The summed E-state index contributed by atoms with van der Waals surface area (Å²) < 4.78 is 26.3. The van der Waals surface area contributed by atoms with Gasteiger partial charge in [-0.15, -0.1) is 0 Å². The SMILES string of the molecule is CN(Cc1cccc(Cl)c1)S(=O)(=O)C1CCCNC1. The van der Waals surface area contributed by atoms with Crippen LogP contribution in [0.4, 0.5) is 0 Å². The zero-order valence-corrected chi connectivity index (χ0v) is 12.5. The Morgan fingerprint density at radius 3 is 2.89 bits per heavy atom. The quantitative estimate of drug-likeness (QED) is 0.923. The molecule has 1 saturated heterocycles. The van der Waals surface area contributed by atoms with Gasteiger partial charge >= 0.3 is 0 Å². The summed E-state index contributed by atoms with van der Waals surface area (Å²) in [6, 6.07) is 7.30. The van der Waals surface area contributed by atoms with Crippen molar-refractivity contribution in [2.45, 2.75) is 24.6 Å². The Labute approximate surface area is 119 Å². The number of piperidine rings is 1. The topological polar surface area (TPSA) is 49.4 Å². The Balaban J connectivity index is 2.07. The van der Waals surface area contributed by atoms with Crippen molar-refractivity contribution < 1.29 is 8.42 Å². The fraction of sp³-hybridized carbons (Fsp3) is 0.538. The molecule has 1 N–H and O–H groups in total. The van der Waals surface area contributed by atoms with E-state index in [-0.39, 0.29) is 5.25 Å². The monoisotopic (exact) mass is 302 g/mol. The third-order valence-corrected chi connectivity index (χ3v) is 5.88. The van der Waals surface area contributed by atoms with E-state index in [0.717, 1.165) is 24.9 Å². The number of sulfonamides is 1. The smallest absolute Gasteiger partial charge is 0.218 e. The second kappa shape index (κ2) is 6.22. The van der Waals surface area contributed by atoms with Crippen LogP contribution >= 0.6 is 11.6 Å². The summed E-state index contributed by atoms with van der Waals surface area (Å²) in [5.41, 5.74) is 0.905. The lowest BCUT2D eigenvalue weighted by Crippen LogP contribution is -2.44. The van der Waals surface area contributed by atoms with Crippen LogP contribution in [0.3, 0.4) is 0 Å². The zero-order chi connectivity index (χ0) is 13.9. The molecule has 19 heavy (non-hydrogen) atoms. The number of halogens is 1. The summed E-state index contributed by atoms with van der Waals surface area (Å²) in [6.45, 7) is 1.81. The Morgan fingerprint density at radius 2 is 2.26 bits per heavy atom. The minimum absolute atomic E-state index is 0.314. The van der Waals surface area contributed by atoms with Gasteiger partial charge in [0.15, 0.2) is 0 Å². The molecule has 0 aromatic heterocycles. The second-order valence-corrected chi connectivity index (χ2v) is 7.66. The van der Waals surface area contributed by atoms with Crippen LogP contribution in [-0.4, -0.2) is 38.1 Å². The van der Waals surface area contributed by atoms with Gasteiger partial charge in [0.1, 0.15) is 0 Å². The number of hydrogen-bond acceptors (Lipinski definition) is 3. The van der Waals surface area contributed by atoms with E-state index in [9.17, 15) is 8.42 Å². The molecule has 1 atom stereocenters. The lowest BCUT2D eigenvalue weighted by Gasteiger charge is -2.27. The normalized spacial score (nSPS) is 20.7. The van der Waals surface area contributed by atoms with Crippen molar-refractivity contribution in [1.82, 2.24) is 9.62 Å². The van der Waals surface area contributed by atoms with Crippen molar-refractivity contribution in [3.05, 3.63) is 34.9 Å². The first kappa shape index (κ1) is 14.8. The molecule has 1 heterocycles. The molecule has 1 aliphatic heterocycles. The highest BCUT2D eigenvalue weighted by molar-refractivity contribution is 7.89. The molecular formula is C13H19ClN2O2S. The molecule has 0 aliphatic carbocycles. The average Bonchev–Trinajstić information content (AvgIpc) is 2.39. The largest absolute Gasteiger partial charge is 0.315 e. The van der Waals surface area contributed by atoms with Crippen molar-refractivity contribution in [1.29, 1.82) is 0 Å². The van der Waals surface area contributed by atoms with Crippen LogP contribution in [0.5, 0.6) is 0 Å². The van der Waals surface area contributed by atoms with Crippen LogP contribution in [0.1, 0.15) is 18.4 Å². The summed E-state index contributed by atoms with van der Waals surface area (Å²) in [7, 11) is -1.62. The molecule has 1 fully saturated rings. The summed E-state index contributed by atoms with van der Waals surface area (Å²) in [5.74, 6) is 0. The van der Waals surface area contributed by atoms with E-state index in [1.54, 1.807) is 19.2 Å². The molecule has 1 unspecified atom stereocenters. The first-order valence-electron chi connectivity index (χ1n) is 6.40. The maximum atomic E-state index is 12.4. The van der Waals surface area contributed by atoms with Crippen molar-refractivity contribution in [2.24, 2.45) is 0 Å². The van der Waals surface area contributed by atoms with Gasteiger partial charge in [-0.2, -0.15) is 0 Å². The molecule has 6 heteroatoms. The molecule has 0 radical (unpaired) electrons. The standard InChI is InChI=1S/C13H19ClN2O2S/c1-16(10-11-4-2-5-12(14)8-11)19(17,18)13-6-3-7-15-9-13/h2,4-5,8,13,15H,3,6-7,9-10H2,1H3. The van der Waals surface area contributed by atoms with E-state index in [0.29, 0.717) is 18.1 Å². The Bertz CT molecular complexity index is 527. The number of nitrogens with one attached hydrogen (secondary N) is 1. The van der Waals surface area contributed by atoms with Crippen molar-refractivity contribution in [2.75, 3.05) is 20.1 Å². The zero-order valence-electron chi connectivity index (χ0n) is 11.0. The number of benzene rings is 1. The molecule has 1 aromatic rings. The molecule has 2 rings (SSSR count). The van der Waals surface area contributed by atoms with Crippen LogP contribution in [0.25, 0.3) is 0 Å². The Kier molecular flexibility index (Phi) is 4.84. The van der Waals surface area contributed by atoms with Gasteiger partial charge in [0, 0.05) is 25.2 Å². The summed E-state index contributed by atoms with van der Waals surface area (Å²) in [5, 5.41) is 3.45. The van der Waals surface area contributed by atoms with Gasteiger partial charge in [-0.1, -0.05) is 23.7 Å². The lowest BCUT2D eigenvalue weighted by molar-refractivity contribution is 0.429. The highest BCUT2D eigenvalue weighted by atomic mass is 35.5. The molecule has 1 aromatic carbocycles. The molecule has 0 spiro atoms. The average molecular weight is 303 g/mol. The third kappa shape index (κ3) is 3.69. The van der Waals surface area contributed by atoms with Gasteiger partial charge in [-0.3, -0.25) is 0 Å². The van der Waals surface area contributed by atoms with Crippen LogP contribution in [0, 0.1) is 0 Å². The van der Waals surface area contributed by atoms with E-state index in [1.165, 1.54) is 4.31 Å². The van der Waals surface area contributed by atoms with E-state index in [4.69, 9.17) is 11.6 Å². The number of nitrogens with zero attached hydrogens (tertiary/aromatic N) is 1. The van der Waals surface area contributed by atoms with Gasteiger partial charge in [0.05, 0.1) is 5.25 Å². The Hall–Kier alpha value is -0.620. The van der Waals surface area contributed by atoms with Crippen LogP contribution in [-0.2, 0) is 16.6 Å². The van der Waals surface area contributed by atoms with Crippen molar-refractivity contribution >= 4 is 21.6 Å². The van der Waals surface area contributed by atoms with Crippen molar-refractivity contribution in [3.63, 3.8) is 0 Å². The molecule has 0 bridgehead atoms. The molecule has 1 aliphatic rings. The summed E-state index contributed by atoms with van der Waals surface area (Å²) in [6.07, 6.45) is 1.64. The molecule has 4 nitrogen and oxygen atoms in total. The predicted molar refractivity (Wildman–Crippen MR) is 77.7 cm³/mol. The molecule has 106 valence electrons. The third-order valence-electron chi connectivity index (χ3n) is 3.40. The van der Waals surface area contributed by atoms with E-state index < -0.39 is 10.0 Å². The van der Waals surface area contributed by atoms with Gasteiger partial charge in [-0.25, -0.2) is 12.7 Å². The first-order valence-corrected chi connectivity index (χ1v) is 8.28. The maximum Gasteiger partial charge on any atom is 0.218 e. The van der Waals surface area contributed by atoms with E-state index in [1.807, 2.05) is 12.1 Å². The van der Waals surface area contributed by atoms with Crippen LogP contribution in [0.2, 0.25) is 5.02 Å². The van der Waals surface area contributed by atoms with Gasteiger partial charge in [-0.05, 0) is 37.1 Å². The Morgan fingerprint density at radius 1 is 1.47 bits per heavy atom. The first-order chi connectivity index (χ1) is 9.00. The molecule has 0 amide bonds. The van der Waals surface area contributed by atoms with Gasteiger partial charge in [0.25, 0.3) is 0 Å². The highest BCUT2D eigenvalue weighted by Gasteiger charge is 2.30. The second-order valence-electron chi connectivity index (χ2n) is 4.90. The lowest BCUT2D eigenvalue weighted by atomic mass is 10.2. The van der Waals surface area contributed by atoms with Gasteiger partial charge < -0.3 is 5.32 Å². The number of rotatable bonds is 4. The number of hydrogen-bond donors (Lipinski definition) is 1. The van der Waals surface area contributed by atoms with Crippen LogP contribution in [0.15, 0.2) is 24.3 Å². The minimum Gasteiger partial charge on any atom is -0.315 e. The summed E-state index contributed by atoms with van der Waals surface area (Å²) >= 11 is 5.91. The fourth-order valence-electron chi connectivity index (χ4n) is 2.31. The van der Waals surface area contributed by atoms with E-state index in [2.05, 4.69) is 5.32 Å². The maximum absolute atomic E-state index is 12.4. The molecule has 0 saturated carbocycles. The van der Waals surface area contributed by atoms with Gasteiger partial charge in [0.2, 0.25) is 10.0 Å². The summed E-state index contributed by atoms with van der Waals surface area (Å²) in [4.78, 5) is 0. The van der Waals surface area contributed by atoms with Crippen LogP contribution < -0.4 is 5.32 Å². The fourth-order valence-corrected chi connectivity index (χ4v) is 4.15. The van der Waals surface area contributed by atoms with E-state index >= 15 is 0 Å². The van der Waals surface area contributed by atoms with Crippen molar-refractivity contribution in [3.8, 4) is 0 Å². The highest BCUT2D eigenvalue weighted by Crippen LogP contribution is 2.18. The molecular weight excluding hydrogens is 284 g/mol.